The Kier molecular flexibility index (Phi) is 60.0. The summed E-state index contributed by atoms with van der Waals surface area (Å²) >= 11 is 4.24. The number of carbonyl (C=O) groups excluding carboxylic acids is 1. The Morgan fingerprint density at radius 2 is 1.17 bits per heavy atom. The van der Waals surface area contributed by atoms with E-state index in [9.17, 15) is 4.79 Å². The van der Waals surface area contributed by atoms with Crippen LogP contribution in [0, 0.1) is 0 Å². The first-order chi connectivity index (χ1) is 12.7. The molecule has 0 aromatic heterocycles. The molecule has 0 spiro atoms. The van der Waals surface area contributed by atoms with Crippen molar-refractivity contribution in [3.05, 3.63) is 0 Å². The summed E-state index contributed by atoms with van der Waals surface area (Å²) in [7, 11) is 3.32. The Morgan fingerprint density at radius 1 is 0.767 bits per heavy atom. The van der Waals surface area contributed by atoms with E-state index in [4.69, 9.17) is 9.39 Å². The molecule has 0 saturated carbocycles. The summed E-state index contributed by atoms with van der Waals surface area (Å²) in [6, 6.07) is 0. The van der Waals surface area contributed by atoms with Crippen LogP contribution in [0.1, 0.15) is 133 Å². The van der Waals surface area contributed by atoms with Crippen LogP contribution in [0.15, 0.2) is 0 Å². The van der Waals surface area contributed by atoms with Crippen LogP contribution >= 0.6 is 37.2 Å². The van der Waals surface area contributed by atoms with Gasteiger partial charge in [-0.25, -0.2) is 0 Å². The smallest absolute Gasteiger partial charge is 0.370 e. The topological polar surface area (TPSA) is 35.5 Å². The lowest BCUT2D eigenvalue weighted by atomic mass is 10.0. The minimum absolute atomic E-state index is 0. The van der Waals surface area contributed by atoms with Gasteiger partial charge < -0.3 is 9.39 Å². The van der Waals surface area contributed by atoms with Crippen molar-refractivity contribution in [1.82, 2.24) is 0 Å². The highest BCUT2D eigenvalue weighted by molar-refractivity contribution is 15.0. The van der Waals surface area contributed by atoms with Crippen LogP contribution in [0.2, 0.25) is 6.82 Å². The van der Waals surface area contributed by atoms with Crippen LogP contribution < -0.4 is 0 Å². The third-order valence-electron chi connectivity index (χ3n) is 4.62. The second-order valence-corrected chi connectivity index (χ2v) is 6.80. The molecular formula is C24H56BI2O3. The van der Waals surface area contributed by atoms with Crippen molar-refractivity contribution < 1.29 is 14.2 Å². The van der Waals surface area contributed by atoms with Crippen molar-refractivity contribution in [3.8, 4) is 0 Å². The number of unbranched alkanes of at least 4 members (excludes halogenated alkanes) is 10. The third-order valence-corrected chi connectivity index (χ3v) is 4.62. The quantitative estimate of drug-likeness (QED) is 0.0836. The molecule has 0 aliphatic rings. The van der Waals surface area contributed by atoms with Crippen molar-refractivity contribution in [3.63, 3.8) is 0 Å². The lowest BCUT2D eigenvalue weighted by Crippen LogP contribution is -2.10. The monoisotopic (exact) mass is 657 g/mol. The Morgan fingerprint density at radius 3 is 1.57 bits per heavy atom. The highest BCUT2D eigenvalue weighted by Gasteiger charge is 2.06. The van der Waals surface area contributed by atoms with Gasteiger partial charge in [-0.1, -0.05) is 114 Å². The van der Waals surface area contributed by atoms with Gasteiger partial charge in [0.1, 0.15) is 0 Å². The molecule has 6 heteroatoms. The Hall–Kier alpha value is 0.955. The number of rotatable bonds is 18. The van der Waals surface area contributed by atoms with E-state index in [1.165, 1.54) is 84.5 Å². The molecule has 0 fully saturated rings. The van der Waals surface area contributed by atoms with Crippen LogP contribution in [0.4, 0.5) is 0 Å². The van der Waals surface area contributed by atoms with Crippen molar-refractivity contribution in [1.29, 1.82) is 0 Å². The molecule has 0 bridgehead atoms. The van der Waals surface area contributed by atoms with Gasteiger partial charge in [-0.05, 0) is 19.3 Å². The maximum absolute atomic E-state index is 11.2. The van der Waals surface area contributed by atoms with Gasteiger partial charge in [0.05, 0.1) is 6.10 Å². The fourth-order valence-electron chi connectivity index (χ4n) is 3.07. The third kappa shape index (κ3) is 36.3. The van der Waals surface area contributed by atoms with E-state index in [0.29, 0.717) is 12.5 Å². The van der Waals surface area contributed by atoms with E-state index in [1.54, 1.807) is 6.82 Å². The molecule has 0 amide bonds. The zero-order valence-corrected chi connectivity index (χ0v) is 21.6. The summed E-state index contributed by atoms with van der Waals surface area (Å²) in [6.07, 6.45) is 18.7. The molecule has 0 N–H and O–H groups in total. The molecular weight excluding hydrogens is 601 g/mol. The summed E-state index contributed by atoms with van der Waals surface area (Å²) in [6.45, 7) is 3.99. The molecule has 30 heavy (non-hydrogen) atoms. The van der Waals surface area contributed by atoms with Crippen LogP contribution in [-0.2, 0) is 14.2 Å². The highest BCUT2D eigenvalue weighted by Crippen LogP contribution is 2.16. The van der Waals surface area contributed by atoms with Gasteiger partial charge in [-0.3, -0.25) is 4.79 Å². The van der Waals surface area contributed by atoms with Gasteiger partial charge in [0, 0.05) is 50.8 Å². The first-order valence-corrected chi connectivity index (χ1v) is 16.7. The van der Waals surface area contributed by atoms with Gasteiger partial charge in [-0.15, -0.1) is 0 Å². The standard InChI is InChI=1S/C20H40BO3.4CH4.I2/c1-4-5-6-13-16-19(23-3)17-14-11-9-7-8-10-12-15-18-20(22)24-21-2;;;;;1-2/h19H,4-18H2,1-3H3;4*1H4;. The summed E-state index contributed by atoms with van der Waals surface area (Å²) < 4.78 is 10.4. The number of carbonyl (C=O) groups is 1. The van der Waals surface area contributed by atoms with E-state index in [2.05, 4.69) is 44.2 Å². The van der Waals surface area contributed by atoms with Crippen LogP contribution in [-0.4, -0.2) is 26.7 Å². The average molecular weight is 657 g/mol. The zero-order valence-electron chi connectivity index (χ0n) is 17.2. The predicted octanol–water partition coefficient (Wildman–Crippen LogP) is 10.4. The maximum atomic E-state index is 11.2. The molecule has 1 atom stereocenters. The fourth-order valence-corrected chi connectivity index (χ4v) is 3.07. The molecule has 0 aliphatic carbocycles. The maximum Gasteiger partial charge on any atom is 0.370 e. The Bertz CT molecular complexity index is 283. The Balaban J connectivity index is -0.000000232. The first-order valence-electron chi connectivity index (χ1n) is 10.4. The second-order valence-electron chi connectivity index (χ2n) is 6.80. The number of methoxy groups -OCH3 is 1. The fraction of sp³-hybridized carbons (Fsp3) is 0.958. The van der Waals surface area contributed by atoms with Crippen molar-refractivity contribution >= 4 is 50.7 Å². The van der Waals surface area contributed by atoms with E-state index >= 15 is 0 Å². The SMILES string of the molecule is C.C.C.C.C[B]OC(=O)CCCCCCCCCCC(CCCCCC)OC.II. The minimum Gasteiger partial charge on any atom is -0.539 e. The van der Waals surface area contributed by atoms with Gasteiger partial charge >= 0.3 is 7.48 Å². The molecule has 0 aromatic rings. The van der Waals surface area contributed by atoms with E-state index in [1.807, 2.05) is 7.11 Å². The number of halogens is 2. The number of hydrogen-bond donors (Lipinski definition) is 0. The molecule has 0 heterocycles. The lowest BCUT2D eigenvalue weighted by Gasteiger charge is -2.15. The van der Waals surface area contributed by atoms with Gasteiger partial charge in [0.15, 0.2) is 0 Å². The predicted molar refractivity (Wildman–Crippen MR) is 158 cm³/mol. The van der Waals surface area contributed by atoms with Crippen molar-refractivity contribution in [2.75, 3.05) is 7.11 Å². The minimum atomic E-state index is -0.0973. The van der Waals surface area contributed by atoms with Crippen LogP contribution in [0.5, 0.6) is 0 Å². The molecule has 0 saturated heterocycles. The van der Waals surface area contributed by atoms with Crippen LogP contribution in [0.25, 0.3) is 0 Å². The van der Waals surface area contributed by atoms with E-state index < -0.39 is 0 Å². The van der Waals surface area contributed by atoms with Crippen molar-refractivity contribution in [2.24, 2.45) is 0 Å². The zero-order chi connectivity index (χ0) is 19.9. The number of hydrogen-bond acceptors (Lipinski definition) is 3. The molecule has 1 radical (unpaired) electrons. The largest absolute Gasteiger partial charge is 0.539 e. The average Bonchev–Trinajstić information content (AvgIpc) is 2.66. The summed E-state index contributed by atoms with van der Waals surface area (Å²) in [4.78, 5) is 11.2. The van der Waals surface area contributed by atoms with Gasteiger partial charge in [0.2, 0.25) is 0 Å². The lowest BCUT2D eigenvalue weighted by molar-refractivity contribution is -0.134. The first kappa shape index (κ1) is 44.6. The molecule has 0 rings (SSSR count). The normalized spacial score (nSPS) is 9.90. The van der Waals surface area contributed by atoms with E-state index in [0.717, 1.165) is 12.8 Å². The molecule has 3 nitrogen and oxygen atoms in total. The Labute approximate surface area is 216 Å². The second kappa shape index (κ2) is 40.3. The summed E-state index contributed by atoms with van der Waals surface area (Å²) in [5.74, 6) is -0.0973. The van der Waals surface area contributed by atoms with Gasteiger partial charge in [-0.2, -0.15) is 0 Å². The molecule has 187 valence electrons. The number of ether oxygens (including phenoxy) is 1. The molecule has 0 aliphatic heterocycles. The molecule has 0 aromatic carbocycles. The van der Waals surface area contributed by atoms with Crippen molar-refractivity contribution in [2.45, 2.75) is 146 Å². The summed E-state index contributed by atoms with van der Waals surface area (Å²) in [5, 5.41) is 0. The highest BCUT2D eigenvalue weighted by atomic mass is 128. The summed E-state index contributed by atoms with van der Waals surface area (Å²) in [5.41, 5.74) is 0. The molecule has 1 unspecified atom stereocenters. The van der Waals surface area contributed by atoms with Crippen LogP contribution in [0.3, 0.4) is 0 Å². The van der Waals surface area contributed by atoms with E-state index in [-0.39, 0.29) is 35.7 Å². The van der Waals surface area contributed by atoms with Gasteiger partial charge in [0.25, 0.3) is 5.97 Å².